The molecule has 2 rings (SSSR count). The largest absolute Gasteiger partial charge is 0.309 e. The third-order valence-corrected chi connectivity index (χ3v) is 3.90. The second kappa shape index (κ2) is 7.00. The van der Waals surface area contributed by atoms with E-state index in [2.05, 4.69) is 52.4 Å². The molecule has 0 radical (unpaired) electrons. The maximum Gasteiger partial charge on any atom is 0.128 e. The summed E-state index contributed by atoms with van der Waals surface area (Å²) in [5.74, 6) is -0.190. The number of nitrogens with one attached hydrogen (secondary N) is 1. The molecule has 0 bridgehead atoms. The molecule has 0 spiro atoms. The minimum atomic E-state index is -0.190. The molecule has 0 saturated heterocycles. The lowest BCUT2D eigenvalue weighted by atomic mass is 9.97. The maximum absolute atomic E-state index is 14.0. The lowest BCUT2D eigenvalue weighted by molar-refractivity contribution is 0.575. The summed E-state index contributed by atoms with van der Waals surface area (Å²) in [4.78, 5) is 0. The van der Waals surface area contributed by atoms with Gasteiger partial charge in [-0.3, -0.25) is 0 Å². The minimum Gasteiger partial charge on any atom is -0.309 e. The highest BCUT2D eigenvalue weighted by Gasteiger charge is 2.16. The molecule has 0 fully saturated rings. The van der Waals surface area contributed by atoms with Crippen molar-refractivity contribution in [3.63, 3.8) is 0 Å². The molecule has 0 saturated carbocycles. The van der Waals surface area contributed by atoms with Crippen molar-refractivity contribution in [1.82, 2.24) is 5.32 Å². The predicted octanol–water partition coefficient (Wildman–Crippen LogP) is 4.85. The molecule has 0 aliphatic carbocycles. The summed E-state index contributed by atoms with van der Waals surface area (Å²) in [6, 6.07) is 13.3. The Balaban J connectivity index is 2.34. The van der Waals surface area contributed by atoms with Gasteiger partial charge in [0.15, 0.2) is 0 Å². The molecule has 2 aromatic rings. The summed E-state index contributed by atoms with van der Waals surface area (Å²) in [6.45, 7) is 2.17. The van der Waals surface area contributed by atoms with Gasteiger partial charge in [0.25, 0.3) is 0 Å². The fourth-order valence-corrected chi connectivity index (χ4v) is 2.78. The van der Waals surface area contributed by atoms with Crippen LogP contribution in [0.1, 0.15) is 36.1 Å². The van der Waals surface area contributed by atoms with Crippen LogP contribution in [0.2, 0.25) is 0 Å². The van der Waals surface area contributed by atoms with Gasteiger partial charge in [-0.05, 0) is 42.8 Å². The van der Waals surface area contributed by atoms with Crippen molar-refractivity contribution in [1.29, 1.82) is 0 Å². The van der Waals surface area contributed by atoms with Crippen LogP contribution in [0.4, 0.5) is 4.39 Å². The Morgan fingerprint density at radius 2 is 1.85 bits per heavy atom. The highest BCUT2D eigenvalue weighted by molar-refractivity contribution is 9.10. The van der Waals surface area contributed by atoms with Gasteiger partial charge in [-0.25, -0.2) is 4.39 Å². The highest BCUT2D eigenvalue weighted by atomic mass is 79.9. The van der Waals surface area contributed by atoms with Crippen molar-refractivity contribution in [3.05, 3.63) is 69.4 Å². The van der Waals surface area contributed by atoms with Crippen molar-refractivity contribution >= 4 is 15.9 Å². The maximum atomic E-state index is 14.0. The number of rotatable bonds is 5. The van der Waals surface area contributed by atoms with Crippen LogP contribution >= 0.6 is 15.9 Å². The molecule has 1 N–H and O–H groups in total. The van der Waals surface area contributed by atoms with Gasteiger partial charge in [0.2, 0.25) is 0 Å². The molecule has 3 heteroatoms. The predicted molar refractivity (Wildman–Crippen MR) is 85.4 cm³/mol. The van der Waals surface area contributed by atoms with Crippen LogP contribution in [0.25, 0.3) is 0 Å². The van der Waals surface area contributed by atoms with E-state index in [0.717, 1.165) is 22.9 Å². The number of halogens is 2. The Bertz CT molecular complexity index is 566. The number of benzene rings is 2. The van der Waals surface area contributed by atoms with E-state index in [4.69, 9.17) is 0 Å². The van der Waals surface area contributed by atoms with E-state index in [1.54, 1.807) is 6.07 Å². The Labute approximate surface area is 128 Å². The summed E-state index contributed by atoms with van der Waals surface area (Å²) in [7, 11) is 1.85. The van der Waals surface area contributed by atoms with E-state index >= 15 is 0 Å². The molecule has 20 heavy (non-hydrogen) atoms. The van der Waals surface area contributed by atoms with E-state index in [1.165, 1.54) is 11.6 Å². The Morgan fingerprint density at radius 1 is 1.15 bits per heavy atom. The third-order valence-electron chi connectivity index (χ3n) is 3.41. The van der Waals surface area contributed by atoms with Gasteiger partial charge in [-0.2, -0.15) is 0 Å². The third kappa shape index (κ3) is 3.47. The Hall–Kier alpha value is -1.19. The lowest BCUT2D eigenvalue weighted by Gasteiger charge is -2.18. The zero-order chi connectivity index (χ0) is 14.5. The van der Waals surface area contributed by atoms with Crippen LogP contribution < -0.4 is 5.32 Å². The molecule has 0 heterocycles. The van der Waals surface area contributed by atoms with Gasteiger partial charge >= 0.3 is 0 Å². The van der Waals surface area contributed by atoms with E-state index in [0.29, 0.717) is 5.56 Å². The van der Waals surface area contributed by atoms with E-state index in [-0.39, 0.29) is 11.9 Å². The van der Waals surface area contributed by atoms with Crippen molar-refractivity contribution in [3.8, 4) is 0 Å². The van der Waals surface area contributed by atoms with Crippen molar-refractivity contribution in [2.24, 2.45) is 0 Å². The first-order valence-corrected chi connectivity index (χ1v) is 7.66. The van der Waals surface area contributed by atoms with Gasteiger partial charge in [0.05, 0.1) is 6.04 Å². The zero-order valence-electron chi connectivity index (χ0n) is 11.8. The molecule has 2 aromatic carbocycles. The summed E-state index contributed by atoms with van der Waals surface area (Å²) >= 11 is 3.40. The molecule has 1 atom stereocenters. The Kier molecular flexibility index (Phi) is 5.32. The monoisotopic (exact) mass is 335 g/mol. The molecule has 0 amide bonds. The SMILES string of the molecule is CCCc1ccc(C(NC)c2cc(Br)ccc2F)cc1. The van der Waals surface area contributed by atoms with Crippen LogP contribution in [0.3, 0.4) is 0 Å². The van der Waals surface area contributed by atoms with Gasteiger partial charge in [0.1, 0.15) is 5.82 Å². The number of aryl methyl sites for hydroxylation is 1. The summed E-state index contributed by atoms with van der Waals surface area (Å²) < 4.78 is 14.9. The average molecular weight is 336 g/mol. The van der Waals surface area contributed by atoms with Crippen molar-refractivity contribution in [2.75, 3.05) is 7.05 Å². The molecule has 0 aliphatic heterocycles. The van der Waals surface area contributed by atoms with E-state index in [1.807, 2.05) is 13.1 Å². The molecule has 0 aromatic heterocycles. The average Bonchev–Trinajstić information content (AvgIpc) is 2.45. The molecule has 0 aliphatic rings. The van der Waals surface area contributed by atoms with Gasteiger partial charge < -0.3 is 5.32 Å². The quantitative estimate of drug-likeness (QED) is 0.823. The molecule has 1 nitrogen and oxygen atoms in total. The minimum absolute atomic E-state index is 0.136. The van der Waals surface area contributed by atoms with Gasteiger partial charge in [-0.1, -0.05) is 53.5 Å². The second-order valence-corrected chi connectivity index (χ2v) is 5.79. The molecular formula is C17H19BrFN. The van der Waals surface area contributed by atoms with Crippen LogP contribution in [0.5, 0.6) is 0 Å². The highest BCUT2D eigenvalue weighted by Crippen LogP contribution is 2.27. The second-order valence-electron chi connectivity index (χ2n) is 4.88. The number of hydrogen-bond donors (Lipinski definition) is 1. The lowest BCUT2D eigenvalue weighted by Crippen LogP contribution is -2.19. The van der Waals surface area contributed by atoms with Crippen LogP contribution in [-0.2, 0) is 6.42 Å². The first kappa shape index (κ1) is 15.2. The fraction of sp³-hybridized carbons (Fsp3) is 0.294. The van der Waals surface area contributed by atoms with Crippen molar-refractivity contribution < 1.29 is 4.39 Å². The zero-order valence-corrected chi connectivity index (χ0v) is 13.4. The van der Waals surface area contributed by atoms with Gasteiger partial charge in [-0.15, -0.1) is 0 Å². The standard InChI is InChI=1S/C17H19BrFN/c1-3-4-12-5-7-13(8-6-12)17(20-2)15-11-14(18)9-10-16(15)19/h5-11,17,20H,3-4H2,1-2H3. The van der Waals surface area contributed by atoms with E-state index in [9.17, 15) is 4.39 Å². The molecule has 1 unspecified atom stereocenters. The first-order chi connectivity index (χ1) is 9.65. The topological polar surface area (TPSA) is 12.0 Å². The Morgan fingerprint density at radius 3 is 2.45 bits per heavy atom. The van der Waals surface area contributed by atoms with Crippen LogP contribution in [0, 0.1) is 5.82 Å². The molecule has 106 valence electrons. The number of hydrogen-bond acceptors (Lipinski definition) is 1. The fourth-order valence-electron chi connectivity index (χ4n) is 2.40. The summed E-state index contributed by atoms with van der Waals surface area (Å²) in [5.41, 5.74) is 3.05. The smallest absolute Gasteiger partial charge is 0.128 e. The van der Waals surface area contributed by atoms with Crippen LogP contribution in [-0.4, -0.2) is 7.05 Å². The van der Waals surface area contributed by atoms with Crippen molar-refractivity contribution in [2.45, 2.75) is 25.8 Å². The normalized spacial score (nSPS) is 12.4. The van der Waals surface area contributed by atoms with Crippen LogP contribution in [0.15, 0.2) is 46.9 Å². The molecular weight excluding hydrogens is 317 g/mol. The first-order valence-electron chi connectivity index (χ1n) is 6.86. The summed E-state index contributed by atoms with van der Waals surface area (Å²) in [6.07, 6.45) is 2.21. The summed E-state index contributed by atoms with van der Waals surface area (Å²) in [5, 5.41) is 3.19. The van der Waals surface area contributed by atoms with E-state index < -0.39 is 0 Å². The van der Waals surface area contributed by atoms with Gasteiger partial charge in [0, 0.05) is 10.0 Å².